The van der Waals surface area contributed by atoms with Crippen LogP contribution in [-0.2, 0) is 4.79 Å². The van der Waals surface area contributed by atoms with Crippen molar-refractivity contribution in [1.82, 2.24) is 10.3 Å². The summed E-state index contributed by atoms with van der Waals surface area (Å²) in [6, 6.07) is 8.12. The minimum absolute atomic E-state index is 0.119. The standard InChI is InChI=1S/C15H24N4O/c1-5-19(6-2)14-9-7-13(8-10-14)11-16-17-15(20)12-18(3)4/h7-11H,5-6,12H2,1-4H3,(H,17,20)/b16-11+. The molecule has 1 aromatic rings. The summed E-state index contributed by atoms with van der Waals surface area (Å²) in [6.45, 7) is 6.59. The number of hydrogen-bond acceptors (Lipinski definition) is 4. The van der Waals surface area contributed by atoms with Gasteiger partial charge in [0.1, 0.15) is 0 Å². The third-order valence-electron chi connectivity index (χ3n) is 2.88. The Balaban J connectivity index is 2.55. The van der Waals surface area contributed by atoms with E-state index in [2.05, 4.69) is 41.4 Å². The van der Waals surface area contributed by atoms with Gasteiger partial charge in [-0.05, 0) is 45.6 Å². The van der Waals surface area contributed by atoms with E-state index in [-0.39, 0.29) is 5.91 Å². The second-order valence-electron chi connectivity index (χ2n) is 4.79. The van der Waals surface area contributed by atoms with E-state index in [1.807, 2.05) is 26.2 Å². The lowest BCUT2D eigenvalue weighted by molar-refractivity contribution is -0.121. The highest BCUT2D eigenvalue weighted by Crippen LogP contribution is 2.13. The molecule has 110 valence electrons. The van der Waals surface area contributed by atoms with E-state index in [0.29, 0.717) is 6.54 Å². The molecule has 0 aliphatic carbocycles. The van der Waals surface area contributed by atoms with Gasteiger partial charge in [-0.15, -0.1) is 0 Å². The molecule has 5 nitrogen and oxygen atoms in total. The number of amides is 1. The van der Waals surface area contributed by atoms with Gasteiger partial charge < -0.3 is 9.80 Å². The predicted octanol–water partition coefficient (Wildman–Crippen LogP) is 1.54. The molecule has 0 spiro atoms. The van der Waals surface area contributed by atoms with Gasteiger partial charge in [-0.3, -0.25) is 4.79 Å². The van der Waals surface area contributed by atoms with Crippen LogP contribution in [0.3, 0.4) is 0 Å². The number of anilines is 1. The normalized spacial score (nSPS) is 11.1. The number of nitrogens with one attached hydrogen (secondary N) is 1. The van der Waals surface area contributed by atoms with Crippen LogP contribution in [-0.4, -0.2) is 50.8 Å². The van der Waals surface area contributed by atoms with E-state index in [0.717, 1.165) is 18.7 Å². The molecular formula is C15H24N4O. The summed E-state index contributed by atoms with van der Waals surface area (Å²) in [6.07, 6.45) is 1.65. The molecule has 0 aliphatic rings. The lowest BCUT2D eigenvalue weighted by Crippen LogP contribution is -2.30. The fourth-order valence-corrected chi connectivity index (χ4v) is 1.86. The first-order valence-corrected chi connectivity index (χ1v) is 6.88. The SMILES string of the molecule is CCN(CC)c1ccc(/C=N/NC(=O)CN(C)C)cc1. The van der Waals surface area contributed by atoms with Gasteiger partial charge in [-0.1, -0.05) is 12.1 Å². The molecule has 0 unspecified atom stereocenters. The second-order valence-corrected chi connectivity index (χ2v) is 4.79. The third kappa shape index (κ3) is 5.40. The van der Waals surface area contributed by atoms with E-state index in [1.165, 1.54) is 5.69 Å². The van der Waals surface area contributed by atoms with Crippen LogP contribution >= 0.6 is 0 Å². The molecule has 1 aromatic carbocycles. The van der Waals surface area contributed by atoms with Crippen molar-refractivity contribution >= 4 is 17.8 Å². The quantitative estimate of drug-likeness (QED) is 0.607. The number of carbonyl (C=O) groups is 1. The first-order valence-electron chi connectivity index (χ1n) is 6.88. The molecule has 0 bridgehead atoms. The molecule has 0 radical (unpaired) electrons. The van der Waals surface area contributed by atoms with Gasteiger partial charge in [0, 0.05) is 18.8 Å². The van der Waals surface area contributed by atoms with Gasteiger partial charge in [-0.2, -0.15) is 5.10 Å². The molecule has 20 heavy (non-hydrogen) atoms. The van der Waals surface area contributed by atoms with Crippen LogP contribution in [0.4, 0.5) is 5.69 Å². The fraction of sp³-hybridized carbons (Fsp3) is 0.467. The van der Waals surface area contributed by atoms with Crippen molar-refractivity contribution in [2.75, 3.05) is 38.6 Å². The Morgan fingerprint density at radius 1 is 1.20 bits per heavy atom. The monoisotopic (exact) mass is 276 g/mol. The summed E-state index contributed by atoms with van der Waals surface area (Å²) < 4.78 is 0. The summed E-state index contributed by atoms with van der Waals surface area (Å²) in [5.41, 5.74) is 4.66. The van der Waals surface area contributed by atoms with Gasteiger partial charge in [0.05, 0.1) is 12.8 Å². The van der Waals surface area contributed by atoms with Gasteiger partial charge in [0.15, 0.2) is 0 Å². The zero-order valence-corrected chi connectivity index (χ0v) is 12.8. The molecule has 1 rings (SSSR count). The first kappa shape index (κ1) is 16.2. The minimum Gasteiger partial charge on any atom is -0.372 e. The summed E-state index contributed by atoms with van der Waals surface area (Å²) >= 11 is 0. The Hall–Kier alpha value is -1.88. The van der Waals surface area contributed by atoms with Crippen molar-refractivity contribution in [3.05, 3.63) is 29.8 Å². The first-order chi connectivity index (χ1) is 9.56. The van der Waals surface area contributed by atoms with E-state index in [4.69, 9.17) is 0 Å². The summed E-state index contributed by atoms with van der Waals surface area (Å²) in [7, 11) is 3.68. The molecule has 0 heterocycles. The Bertz CT molecular complexity index is 436. The van der Waals surface area contributed by atoms with E-state index in [1.54, 1.807) is 11.1 Å². The van der Waals surface area contributed by atoms with E-state index < -0.39 is 0 Å². The topological polar surface area (TPSA) is 47.9 Å². The number of likely N-dealkylation sites (N-methyl/N-ethyl adjacent to an activating group) is 1. The van der Waals surface area contributed by atoms with Gasteiger partial charge in [0.2, 0.25) is 0 Å². The van der Waals surface area contributed by atoms with Crippen LogP contribution in [0.1, 0.15) is 19.4 Å². The average molecular weight is 276 g/mol. The highest BCUT2D eigenvalue weighted by atomic mass is 16.2. The predicted molar refractivity (Wildman–Crippen MR) is 84.3 cm³/mol. The van der Waals surface area contributed by atoms with Crippen molar-refractivity contribution in [2.45, 2.75) is 13.8 Å². The van der Waals surface area contributed by atoms with Crippen molar-refractivity contribution in [3.8, 4) is 0 Å². The molecule has 5 heteroatoms. The number of hydrogen-bond donors (Lipinski definition) is 1. The minimum atomic E-state index is -0.119. The number of rotatable bonds is 7. The van der Waals surface area contributed by atoms with Crippen LogP contribution < -0.4 is 10.3 Å². The van der Waals surface area contributed by atoms with Crippen molar-refractivity contribution in [1.29, 1.82) is 0 Å². The summed E-state index contributed by atoms with van der Waals surface area (Å²) in [4.78, 5) is 15.5. The van der Waals surface area contributed by atoms with Crippen LogP contribution in [0.2, 0.25) is 0 Å². The highest BCUT2D eigenvalue weighted by Gasteiger charge is 2.01. The molecule has 0 fully saturated rings. The van der Waals surface area contributed by atoms with Crippen LogP contribution in [0.25, 0.3) is 0 Å². The van der Waals surface area contributed by atoms with E-state index in [9.17, 15) is 4.79 Å². The van der Waals surface area contributed by atoms with Crippen molar-refractivity contribution in [3.63, 3.8) is 0 Å². The summed E-state index contributed by atoms with van der Waals surface area (Å²) in [5.74, 6) is -0.119. The maximum absolute atomic E-state index is 11.4. The van der Waals surface area contributed by atoms with Crippen LogP contribution in [0, 0.1) is 0 Å². The maximum Gasteiger partial charge on any atom is 0.254 e. The molecule has 1 N–H and O–H groups in total. The molecule has 0 saturated carbocycles. The number of benzene rings is 1. The average Bonchev–Trinajstić information content (AvgIpc) is 2.41. The summed E-state index contributed by atoms with van der Waals surface area (Å²) in [5, 5.41) is 3.94. The lowest BCUT2D eigenvalue weighted by atomic mass is 10.2. The van der Waals surface area contributed by atoms with Crippen LogP contribution in [0.5, 0.6) is 0 Å². The van der Waals surface area contributed by atoms with Crippen molar-refractivity contribution in [2.24, 2.45) is 5.10 Å². The lowest BCUT2D eigenvalue weighted by Gasteiger charge is -2.20. The molecule has 0 aliphatic heterocycles. The molecule has 0 saturated heterocycles. The van der Waals surface area contributed by atoms with Gasteiger partial charge in [-0.25, -0.2) is 5.43 Å². The van der Waals surface area contributed by atoms with Gasteiger partial charge in [0.25, 0.3) is 5.91 Å². The van der Waals surface area contributed by atoms with Crippen molar-refractivity contribution < 1.29 is 4.79 Å². The molecule has 1 amide bonds. The highest BCUT2D eigenvalue weighted by molar-refractivity contribution is 5.83. The van der Waals surface area contributed by atoms with Crippen LogP contribution in [0.15, 0.2) is 29.4 Å². The Kier molecular flexibility index (Phi) is 6.73. The molecule has 0 aromatic heterocycles. The second kappa shape index (κ2) is 8.32. The zero-order chi connectivity index (χ0) is 15.0. The number of hydrazone groups is 1. The zero-order valence-electron chi connectivity index (χ0n) is 12.8. The fourth-order valence-electron chi connectivity index (χ4n) is 1.86. The number of carbonyl (C=O) groups excluding carboxylic acids is 1. The Morgan fingerprint density at radius 3 is 2.30 bits per heavy atom. The van der Waals surface area contributed by atoms with Gasteiger partial charge >= 0.3 is 0 Å². The molecular weight excluding hydrogens is 252 g/mol. The largest absolute Gasteiger partial charge is 0.372 e. The maximum atomic E-state index is 11.4. The third-order valence-corrected chi connectivity index (χ3v) is 2.88. The molecule has 0 atom stereocenters. The Labute approximate surface area is 121 Å². The van der Waals surface area contributed by atoms with E-state index >= 15 is 0 Å². The Morgan fingerprint density at radius 2 is 1.80 bits per heavy atom. The number of nitrogens with zero attached hydrogens (tertiary/aromatic N) is 3. The smallest absolute Gasteiger partial charge is 0.254 e.